The molecule has 110 valence electrons. The Morgan fingerprint density at radius 3 is 2.95 bits per heavy atom. The molecule has 0 aromatic heterocycles. The van der Waals surface area contributed by atoms with Crippen molar-refractivity contribution in [1.82, 2.24) is 10.2 Å². The van der Waals surface area contributed by atoms with Crippen LogP contribution >= 0.6 is 0 Å². The third-order valence-electron chi connectivity index (χ3n) is 3.91. The van der Waals surface area contributed by atoms with Gasteiger partial charge >= 0.3 is 6.09 Å². The van der Waals surface area contributed by atoms with Crippen molar-refractivity contribution in [1.29, 1.82) is 0 Å². The lowest BCUT2D eigenvalue weighted by Crippen LogP contribution is -2.37. The highest BCUT2D eigenvalue weighted by Gasteiger charge is 2.28. The SMILES string of the molecule is COC(=O)NC1CCN(C(C)c2ccc(C)cc2O)C1. The second-order valence-corrected chi connectivity index (χ2v) is 5.35. The van der Waals surface area contributed by atoms with Crippen LogP contribution in [0.25, 0.3) is 0 Å². The number of hydrogen-bond donors (Lipinski definition) is 2. The molecule has 2 atom stereocenters. The Bertz CT molecular complexity index is 490. The van der Waals surface area contributed by atoms with E-state index in [2.05, 4.69) is 21.9 Å². The first-order chi connectivity index (χ1) is 9.51. The Balaban J connectivity index is 2.00. The molecule has 1 fully saturated rings. The van der Waals surface area contributed by atoms with Crippen LogP contribution in [0.3, 0.4) is 0 Å². The van der Waals surface area contributed by atoms with Crippen molar-refractivity contribution in [3.8, 4) is 5.75 Å². The molecular weight excluding hydrogens is 256 g/mol. The first-order valence-electron chi connectivity index (χ1n) is 6.89. The van der Waals surface area contributed by atoms with Gasteiger partial charge in [0.2, 0.25) is 0 Å². The molecular formula is C15H22N2O3. The van der Waals surface area contributed by atoms with Gasteiger partial charge in [-0.1, -0.05) is 12.1 Å². The number of likely N-dealkylation sites (tertiary alicyclic amines) is 1. The Morgan fingerprint density at radius 2 is 2.30 bits per heavy atom. The lowest BCUT2D eigenvalue weighted by molar-refractivity contribution is 0.165. The number of rotatable bonds is 3. The number of hydrogen-bond acceptors (Lipinski definition) is 4. The Morgan fingerprint density at radius 1 is 1.55 bits per heavy atom. The predicted octanol–water partition coefficient (Wildman–Crippen LogP) is 2.19. The van der Waals surface area contributed by atoms with Gasteiger partial charge in [-0.25, -0.2) is 4.79 Å². The van der Waals surface area contributed by atoms with Crippen LogP contribution in [0.4, 0.5) is 4.79 Å². The number of carbonyl (C=O) groups excluding carboxylic acids is 1. The van der Waals surface area contributed by atoms with Crippen LogP contribution in [0.2, 0.25) is 0 Å². The summed E-state index contributed by atoms with van der Waals surface area (Å²) in [7, 11) is 1.37. The number of carbonyl (C=O) groups is 1. The summed E-state index contributed by atoms with van der Waals surface area (Å²) in [4.78, 5) is 13.5. The van der Waals surface area contributed by atoms with Gasteiger partial charge in [-0.2, -0.15) is 0 Å². The minimum atomic E-state index is -0.386. The van der Waals surface area contributed by atoms with Crippen molar-refractivity contribution in [3.63, 3.8) is 0 Å². The number of alkyl carbamates (subject to hydrolysis) is 1. The molecule has 0 spiro atoms. The summed E-state index contributed by atoms with van der Waals surface area (Å²) in [6.45, 7) is 5.69. The van der Waals surface area contributed by atoms with E-state index in [1.807, 2.05) is 19.1 Å². The molecule has 0 bridgehead atoms. The fourth-order valence-corrected chi connectivity index (χ4v) is 2.69. The van der Waals surface area contributed by atoms with Gasteiger partial charge < -0.3 is 15.2 Å². The average Bonchev–Trinajstić information content (AvgIpc) is 2.86. The normalized spacial score (nSPS) is 20.6. The molecule has 2 unspecified atom stereocenters. The number of ether oxygens (including phenoxy) is 1. The van der Waals surface area contributed by atoms with E-state index in [1.54, 1.807) is 6.07 Å². The fraction of sp³-hybridized carbons (Fsp3) is 0.533. The Hall–Kier alpha value is -1.75. The highest BCUT2D eigenvalue weighted by molar-refractivity contribution is 5.67. The molecule has 2 rings (SSSR count). The van der Waals surface area contributed by atoms with Crippen LogP contribution in [0.1, 0.15) is 30.5 Å². The van der Waals surface area contributed by atoms with E-state index in [-0.39, 0.29) is 18.2 Å². The molecule has 1 aliphatic heterocycles. The van der Waals surface area contributed by atoms with Crippen molar-refractivity contribution in [3.05, 3.63) is 29.3 Å². The van der Waals surface area contributed by atoms with Gasteiger partial charge in [0.25, 0.3) is 0 Å². The smallest absolute Gasteiger partial charge is 0.407 e. The van der Waals surface area contributed by atoms with Crippen LogP contribution in [0, 0.1) is 6.92 Å². The molecule has 5 nitrogen and oxygen atoms in total. The molecule has 1 aromatic carbocycles. The molecule has 0 radical (unpaired) electrons. The number of phenols is 1. The van der Waals surface area contributed by atoms with E-state index >= 15 is 0 Å². The van der Waals surface area contributed by atoms with E-state index < -0.39 is 0 Å². The summed E-state index contributed by atoms with van der Waals surface area (Å²) in [5.74, 6) is 0.335. The summed E-state index contributed by atoms with van der Waals surface area (Å²) in [6.07, 6.45) is 0.509. The van der Waals surface area contributed by atoms with E-state index in [0.29, 0.717) is 5.75 Å². The predicted molar refractivity (Wildman–Crippen MR) is 76.8 cm³/mol. The Kier molecular flexibility index (Phi) is 4.49. The van der Waals surface area contributed by atoms with Gasteiger partial charge in [-0.3, -0.25) is 4.90 Å². The first kappa shape index (κ1) is 14.7. The standard InChI is InChI=1S/C15H22N2O3/c1-10-4-5-13(14(18)8-10)11(2)17-7-6-12(9-17)16-15(19)20-3/h4-5,8,11-12,18H,6-7,9H2,1-3H3,(H,16,19). The van der Waals surface area contributed by atoms with Gasteiger partial charge in [-0.05, 0) is 31.9 Å². The molecule has 20 heavy (non-hydrogen) atoms. The highest BCUT2D eigenvalue weighted by atomic mass is 16.5. The van der Waals surface area contributed by atoms with Crippen LogP contribution in [0.15, 0.2) is 18.2 Å². The van der Waals surface area contributed by atoms with E-state index in [1.165, 1.54) is 7.11 Å². The molecule has 2 N–H and O–H groups in total. The number of methoxy groups -OCH3 is 1. The minimum Gasteiger partial charge on any atom is -0.508 e. The second-order valence-electron chi connectivity index (χ2n) is 5.35. The first-order valence-corrected chi connectivity index (χ1v) is 6.89. The molecule has 1 saturated heterocycles. The van der Waals surface area contributed by atoms with Gasteiger partial charge in [0, 0.05) is 30.7 Å². The minimum absolute atomic E-state index is 0.109. The summed E-state index contributed by atoms with van der Waals surface area (Å²) in [6, 6.07) is 5.99. The van der Waals surface area contributed by atoms with Crippen molar-refractivity contribution < 1.29 is 14.6 Å². The van der Waals surface area contributed by atoms with E-state index in [4.69, 9.17) is 0 Å². The number of phenolic OH excluding ortho intramolecular Hbond substituents is 1. The number of nitrogens with zero attached hydrogens (tertiary/aromatic N) is 1. The molecule has 1 heterocycles. The van der Waals surface area contributed by atoms with Gasteiger partial charge in [0.05, 0.1) is 7.11 Å². The van der Waals surface area contributed by atoms with Crippen molar-refractivity contribution >= 4 is 6.09 Å². The second kappa shape index (κ2) is 6.13. The summed E-state index contributed by atoms with van der Waals surface area (Å²) in [5.41, 5.74) is 1.97. The van der Waals surface area contributed by atoms with Crippen molar-refractivity contribution in [2.45, 2.75) is 32.4 Å². The Labute approximate surface area is 119 Å². The van der Waals surface area contributed by atoms with Gasteiger partial charge in [0.1, 0.15) is 5.75 Å². The maximum atomic E-state index is 11.2. The van der Waals surface area contributed by atoms with E-state index in [0.717, 1.165) is 30.6 Å². The van der Waals surface area contributed by atoms with Crippen LogP contribution in [-0.4, -0.2) is 42.3 Å². The molecule has 1 aromatic rings. The zero-order chi connectivity index (χ0) is 14.7. The van der Waals surface area contributed by atoms with Crippen LogP contribution in [0.5, 0.6) is 5.75 Å². The van der Waals surface area contributed by atoms with Gasteiger partial charge in [0.15, 0.2) is 0 Å². The topological polar surface area (TPSA) is 61.8 Å². The van der Waals surface area contributed by atoms with Crippen LogP contribution in [-0.2, 0) is 4.74 Å². The zero-order valence-electron chi connectivity index (χ0n) is 12.2. The number of aryl methyl sites for hydroxylation is 1. The molecule has 1 amide bonds. The summed E-state index contributed by atoms with van der Waals surface area (Å²) in [5, 5.41) is 12.9. The zero-order valence-corrected chi connectivity index (χ0v) is 12.2. The maximum absolute atomic E-state index is 11.2. The van der Waals surface area contributed by atoms with Crippen molar-refractivity contribution in [2.24, 2.45) is 0 Å². The summed E-state index contributed by atoms with van der Waals surface area (Å²) < 4.78 is 4.62. The third kappa shape index (κ3) is 3.22. The lowest BCUT2D eigenvalue weighted by atomic mass is 10.0. The maximum Gasteiger partial charge on any atom is 0.407 e. The fourth-order valence-electron chi connectivity index (χ4n) is 2.69. The van der Waals surface area contributed by atoms with Crippen molar-refractivity contribution in [2.75, 3.05) is 20.2 Å². The number of aromatic hydroxyl groups is 1. The molecule has 0 aliphatic carbocycles. The number of nitrogens with one attached hydrogen (secondary N) is 1. The van der Waals surface area contributed by atoms with Gasteiger partial charge in [-0.15, -0.1) is 0 Å². The molecule has 1 aliphatic rings. The quantitative estimate of drug-likeness (QED) is 0.889. The van der Waals surface area contributed by atoms with Crippen LogP contribution < -0.4 is 5.32 Å². The highest BCUT2D eigenvalue weighted by Crippen LogP contribution is 2.31. The molecule has 5 heteroatoms. The average molecular weight is 278 g/mol. The third-order valence-corrected chi connectivity index (χ3v) is 3.91. The summed E-state index contributed by atoms with van der Waals surface area (Å²) >= 11 is 0. The lowest BCUT2D eigenvalue weighted by Gasteiger charge is -2.25. The monoisotopic (exact) mass is 278 g/mol. The largest absolute Gasteiger partial charge is 0.508 e. The number of amides is 1. The molecule has 0 saturated carbocycles. The van der Waals surface area contributed by atoms with E-state index in [9.17, 15) is 9.90 Å². The number of benzene rings is 1.